The maximum absolute atomic E-state index is 12.7. The molecule has 3 nitrogen and oxygen atoms in total. The molecule has 0 fully saturated rings. The highest BCUT2D eigenvalue weighted by Gasteiger charge is 2.30. The fourth-order valence-corrected chi connectivity index (χ4v) is 2.47. The number of nitrogens with zero attached hydrogens (tertiary/aromatic N) is 2. The van der Waals surface area contributed by atoms with Crippen molar-refractivity contribution in [3.05, 3.63) is 40.4 Å². The first-order valence-electron chi connectivity index (χ1n) is 6.16. The van der Waals surface area contributed by atoms with Crippen molar-refractivity contribution in [2.75, 3.05) is 5.32 Å². The van der Waals surface area contributed by atoms with Crippen LogP contribution in [0.5, 0.6) is 0 Å². The van der Waals surface area contributed by atoms with E-state index in [-0.39, 0.29) is 6.04 Å². The third-order valence-corrected chi connectivity index (χ3v) is 3.82. The summed E-state index contributed by atoms with van der Waals surface area (Å²) in [5.74, 6) is 0. The fourth-order valence-electron chi connectivity index (χ4n) is 1.71. The zero-order valence-corrected chi connectivity index (χ0v) is 11.8. The highest BCUT2D eigenvalue weighted by atomic mass is 32.1. The molecular weight excluding hydrogens is 287 g/mol. The Balaban J connectivity index is 2.14. The van der Waals surface area contributed by atoms with E-state index >= 15 is 0 Å². The quantitative estimate of drug-likeness (QED) is 0.915. The Kier molecular flexibility index (Phi) is 4.27. The predicted octanol–water partition coefficient (Wildman–Crippen LogP) is 4.29. The Morgan fingerprint density at radius 1 is 1.30 bits per heavy atom. The van der Waals surface area contributed by atoms with Crippen molar-refractivity contribution in [3.63, 3.8) is 0 Å². The van der Waals surface area contributed by atoms with Gasteiger partial charge in [0.1, 0.15) is 5.01 Å². The van der Waals surface area contributed by atoms with Gasteiger partial charge in [0.2, 0.25) is 5.13 Å². The predicted molar refractivity (Wildman–Crippen MR) is 72.8 cm³/mol. The SMILES string of the molecule is CCc1nnc(NC(C)c2cccc(C(F)(F)F)c2)s1. The molecule has 0 aliphatic rings. The Hall–Kier alpha value is -1.63. The largest absolute Gasteiger partial charge is 0.416 e. The van der Waals surface area contributed by atoms with Gasteiger partial charge in [0.15, 0.2) is 0 Å². The van der Waals surface area contributed by atoms with Crippen molar-refractivity contribution in [1.29, 1.82) is 0 Å². The van der Waals surface area contributed by atoms with Gasteiger partial charge in [0, 0.05) is 0 Å². The van der Waals surface area contributed by atoms with Gasteiger partial charge in [0.05, 0.1) is 11.6 Å². The van der Waals surface area contributed by atoms with Gasteiger partial charge in [-0.05, 0) is 31.0 Å². The van der Waals surface area contributed by atoms with Gasteiger partial charge >= 0.3 is 6.18 Å². The summed E-state index contributed by atoms with van der Waals surface area (Å²) < 4.78 is 38.0. The van der Waals surface area contributed by atoms with E-state index in [1.54, 1.807) is 13.0 Å². The lowest BCUT2D eigenvalue weighted by Gasteiger charge is -2.15. The van der Waals surface area contributed by atoms with Crippen LogP contribution in [0.25, 0.3) is 0 Å². The maximum Gasteiger partial charge on any atom is 0.416 e. The Labute approximate surface area is 118 Å². The van der Waals surface area contributed by atoms with E-state index in [1.165, 1.54) is 17.4 Å². The number of anilines is 1. The second-order valence-electron chi connectivity index (χ2n) is 4.34. The van der Waals surface area contributed by atoms with Crippen LogP contribution in [-0.2, 0) is 12.6 Å². The molecule has 1 aromatic carbocycles. The molecule has 0 saturated carbocycles. The Morgan fingerprint density at radius 3 is 2.65 bits per heavy atom. The monoisotopic (exact) mass is 301 g/mol. The minimum absolute atomic E-state index is 0.269. The van der Waals surface area contributed by atoms with Crippen LogP contribution in [0.15, 0.2) is 24.3 Å². The van der Waals surface area contributed by atoms with Crippen LogP contribution in [0.4, 0.5) is 18.3 Å². The minimum atomic E-state index is -4.33. The van der Waals surface area contributed by atoms with Gasteiger partial charge in [-0.3, -0.25) is 0 Å². The summed E-state index contributed by atoms with van der Waals surface area (Å²) in [6.07, 6.45) is -3.54. The summed E-state index contributed by atoms with van der Waals surface area (Å²) in [7, 11) is 0. The van der Waals surface area contributed by atoms with Crippen molar-refractivity contribution in [1.82, 2.24) is 10.2 Å². The smallest absolute Gasteiger partial charge is 0.354 e. The third-order valence-electron chi connectivity index (χ3n) is 2.82. The molecule has 2 rings (SSSR count). The topological polar surface area (TPSA) is 37.8 Å². The summed E-state index contributed by atoms with van der Waals surface area (Å²) in [5, 5.41) is 12.5. The normalized spacial score (nSPS) is 13.2. The zero-order chi connectivity index (χ0) is 14.8. The molecule has 2 aromatic rings. The molecule has 0 aliphatic heterocycles. The molecule has 1 unspecified atom stereocenters. The van der Waals surface area contributed by atoms with Crippen molar-refractivity contribution in [2.45, 2.75) is 32.5 Å². The average molecular weight is 301 g/mol. The lowest BCUT2D eigenvalue weighted by molar-refractivity contribution is -0.137. The molecule has 1 heterocycles. The van der Waals surface area contributed by atoms with Gasteiger partial charge in [-0.15, -0.1) is 10.2 Å². The number of alkyl halides is 3. The molecule has 7 heteroatoms. The first-order valence-corrected chi connectivity index (χ1v) is 6.98. The molecule has 0 aliphatic carbocycles. The van der Waals surface area contributed by atoms with Gasteiger partial charge < -0.3 is 5.32 Å². The molecule has 1 aromatic heterocycles. The Bertz CT molecular complexity index is 580. The van der Waals surface area contributed by atoms with E-state index < -0.39 is 11.7 Å². The van der Waals surface area contributed by atoms with Crippen molar-refractivity contribution in [3.8, 4) is 0 Å². The molecule has 1 N–H and O–H groups in total. The number of hydrogen-bond acceptors (Lipinski definition) is 4. The third kappa shape index (κ3) is 3.47. The highest BCUT2D eigenvalue weighted by molar-refractivity contribution is 7.15. The number of nitrogens with one attached hydrogen (secondary N) is 1. The summed E-state index contributed by atoms with van der Waals surface area (Å²) >= 11 is 1.41. The fraction of sp³-hybridized carbons (Fsp3) is 0.385. The van der Waals surface area contributed by atoms with E-state index in [1.807, 2.05) is 6.92 Å². The van der Waals surface area contributed by atoms with E-state index in [0.29, 0.717) is 10.7 Å². The molecule has 0 saturated heterocycles. The van der Waals surface area contributed by atoms with Crippen LogP contribution in [0, 0.1) is 0 Å². The van der Waals surface area contributed by atoms with Crippen molar-refractivity contribution >= 4 is 16.5 Å². The Morgan fingerprint density at radius 2 is 2.05 bits per heavy atom. The maximum atomic E-state index is 12.7. The van der Waals surface area contributed by atoms with Crippen LogP contribution in [-0.4, -0.2) is 10.2 Å². The molecule has 1 atom stereocenters. The number of hydrogen-bond donors (Lipinski definition) is 1. The molecular formula is C13H14F3N3S. The van der Waals surface area contributed by atoms with E-state index in [9.17, 15) is 13.2 Å². The first kappa shape index (κ1) is 14.8. The van der Waals surface area contributed by atoms with Crippen LogP contribution >= 0.6 is 11.3 Å². The second-order valence-corrected chi connectivity index (χ2v) is 5.41. The van der Waals surface area contributed by atoms with Gasteiger partial charge in [0.25, 0.3) is 0 Å². The second kappa shape index (κ2) is 5.78. The van der Waals surface area contributed by atoms with E-state index in [0.717, 1.165) is 23.6 Å². The number of halogens is 3. The summed E-state index contributed by atoms with van der Waals surface area (Å²) in [6, 6.07) is 5.02. The lowest BCUT2D eigenvalue weighted by Crippen LogP contribution is -2.10. The van der Waals surface area contributed by atoms with Crippen LogP contribution < -0.4 is 5.32 Å². The van der Waals surface area contributed by atoms with E-state index in [2.05, 4.69) is 15.5 Å². The number of rotatable bonds is 4. The van der Waals surface area contributed by atoms with Gasteiger partial charge in [-0.1, -0.05) is 30.4 Å². The molecule has 20 heavy (non-hydrogen) atoms. The van der Waals surface area contributed by atoms with Gasteiger partial charge in [-0.25, -0.2) is 0 Å². The van der Waals surface area contributed by atoms with Crippen molar-refractivity contribution < 1.29 is 13.2 Å². The van der Waals surface area contributed by atoms with E-state index in [4.69, 9.17) is 0 Å². The van der Waals surface area contributed by atoms with Crippen LogP contribution in [0.3, 0.4) is 0 Å². The molecule has 0 bridgehead atoms. The number of benzene rings is 1. The molecule has 0 spiro atoms. The summed E-state index contributed by atoms with van der Waals surface area (Å²) in [5.41, 5.74) is -0.0803. The molecule has 0 amide bonds. The first-order chi connectivity index (χ1) is 9.40. The van der Waals surface area contributed by atoms with Crippen molar-refractivity contribution in [2.24, 2.45) is 0 Å². The zero-order valence-electron chi connectivity index (χ0n) is 11.0. The number of aromatic nitrogens is 2. The molecule has 108 valence electrons. The summed E-state index contributed by atoms with van der Waals surface area (Å²) in [6.45, 7) is 3.77. The number of aryl methyl sites for hydroxylation is 1. The minimum Gasteiger partial charge on any atom is -0.354 e. The average Bonchev–Trinajstić information content (AvgIpc) is 2.85. The lowest BCUT2D eigenvalue weighted by atomic mass is 10.1. The molecule has 0 radical (unpaired) electrons. The standard InChI is InChI=1S/C13H14F3N3S/c1-3-11-18-19-12(20-11)17-8(2)9-5-4-6-10(7-9)13(14,15)16/h4-8H,3H2,1-2H3,(H,17,19). The van der Waals surface area contributed by atoms with Gasteiger partial charge in [-0.2, -0.15) is 13.2 Å². The van der Waals surface area contributed by atoms with Crippen LogP contribution in [0.1, 0.15) is 36.0 Å². The van der Waals surface area contributed by atoms with Crippen LogP contribution in [0.2, 0.25) is 0 Å². The highest BCUT2D eigenvalue weighted by Crippen LogP contribution is 2.31. The summed E-state index contributed by atoms with van der Waals surface area (Å²) in [4.78, 5) is 0.